The average Bonchev–Trinajstić information content (AvgIpc) is 2.37. The third kappa shape index (κ3) is 3.81. The zero-order valence-corrected chi connectivity index (χ0v) is 12.4. The molecule has 4 N–H and O–H groups in total. The largest absolute Gasteiger partial charge is 0.409 e. The maximum absolute atomic E-state index is 13.2. The van der Waals surface area contributed by atoms with Gasteiger partial charge in [0.05, 0.1) is 11.1 Å². The number of amidine groups is 1. The standard InChI is InChI=1S/C11H15ClFN3O3S/c1-6(2)10(11(14)15-17)16-20(18,19)9-5-7(13)3-4-8(9)12/h3-6,10,16-17H,1-2H3,(H2,14,15). The summed E-state index contributed by atoms with van der Waals surface area (Å²) in [4.78, 5) is -0.407. The van der Waals surface area contributed by atoms with Crippen molar-refractivity contribution < 1.29 is 18.0 Å². The quantitative estimate of drug-likeness (QED) is 0.331. The Morgan fingerprint density at radius 3 is 2.60 bits per heavy atom. The Kier molecular flexibility index (Phi) is 5.32. The molecule has 0 saturated carbocycles. The van der Waals surface area contributed by atoms with Gasteiger partial charge in [-0.15, -0.1) is 0 Å². The van der Waals surface area contributed by atoms with Crippen LogP contribution in [0.3, 0.4) is 0 Å². The van der Waals surface area contributed by atoms with Gasteiger partial charge in [-0.2, -0.15) is 0 Å². The van der Waals surface area contributed by atoms with E-state index in [4.69, 9.17) is 22.5 Å². The Bertz CT molecular complexity index is 619. The molecule has 1 unspecified atom stereocenters. The lowest BCUT2D eigenvalue weighted by Gasteiger charge is -2.21. The van der Waals surface area contributed by atoms with Crippen molar-refractivity contribution in [3.63, 3.8) is 0 Å². The topological polar surface area (TPSA) is 105 Å². The highest BCUT2D eigenvalue weighted by atomic mass is 35.5. The van der Waals surface area contributed by atoms with Crippen molar-refractivity contribution in [3.8, 4) is 0 Å². The Morgan fingerprint density at radius 1 is 1.50 bits per heavy atom. The number of nitrogens with zero attached hydrogens (tertiary/aromatic N) is 1. The van der Waals surface area contributed by atoms with Crippen LogP contribution in [0.15, 0.2) is 28.3 Å². The maximum Gasteiger partial charge on any atom is 0.242 e. The molecule has 1 aromatic rings. The molecule has 0 aliphatic rings. The molecule has 0 spiro atoms. The van der Waals surface area contributed by atoms with E-state index in [1.807, 2.05) is 0 Å². The average molecular weight is 324 g/mol. The zero-order chi connectivity index (χ0) is 15.5. The minimum atomic E-state index is -4.11. The number of halogens is 2. The lowest BCUT2D eigenvalue weighted by atomic mass is 10.1. The summed E-state index contributed by atoms with van der Waals surface area (Å²) in [5.41, 5.74) is 5.44. The van der Waals surface area contributed by atoms with E-state index in [1.54, 1.807) is 13.8 Å². The van der Waals surface area contributed by atoms with Gasteiger partial charge in [-0.3, -0.25) is 0 Å². The predicted octanol–water partition coefficient (Wildman–Crippen LogP) is 1.53. The van der Waals surface area contributed by atoms with E-state index in [1.165, 1.54) is 0 Å². The van der Waals surface area contributed by atoms with Crippen LogP contribution in [0.2, 0.25) is 5.02 Å². The summed E-state index contributed by atoms with van der Waals surface area (Å²) < 4.78 is 39.8. The van der Waals surface area contributed by atoms with E-state index in [2.05, 4.69) is 9.88 Å². The molecule has 0 aromatic heterocycles. The Balaban J connectivity index is 3.20. The molecule has 0 aliphatic carbocycles. The second-order valence-electron chi connectivity index (χ2n) is 4.44. The molecule has 0 saturated heterocycles. The Morgan fingerprint density at radius 2 is 2.10 bits per heavy atom. The second-order valence-corrected chi connectivity index (χ2v) is 6.53. The molecule has 0 bridgehead atoms. The van der Waals surface area contributed by atoms with Crippen molar-refractivity contribution in [2.45, 2.75) is 24.8 Å². The maximum atomic E-state index is 13.2. The van der Waals surface area contributed by atoms with E-state index in [-0.39, 0.29) is 16.8 Å². The number of nitrogens with two attached hydrogens (primary N) is 1. The summed E-state index contributed by atoms with van der Waals surface area (Å²) >= 11 is 5.76. The van der Waals surface area contributed by atoms with E-state index in [0.717, 1.165) is 18.2 Å². The van der Waals surface area contributed by atoms with E-state index in [9.17, 15) is 12.8 Å². The summed E-state index contributed by atoms with van der Waals surface area (Å²) in [6.45, 7) is 3.36. The summed E-state index contributed by atoms with van der Waals surface area (Å²) in [5.74, 6) is -1.32. The van der Waals surface area contributed by atoms with Gasteiger partial charge in [-0.05, 0) is 24.1 Å². The molecular weight excluding hydrogens is 309 g/mol. The van der Waals surface area contributed by atoms with Crippen LogP contribution in [0.1, 0.15) is 13.8 Å². The number of nitrogens with one attached hydrogen (secondary N) is 1. The molecule has 0 heterocycles. The third-order valence-electron chi connectivity index (χ3n) is 2.57. The Labute approximate surface area is 121 Å². The van der Waals surface area contributed by atoms with Gasteiger partial charge in [0.25, 0.3) is 0 Å². The number of hydrogen-bond acceptors (Lipinski definition) is 4. The van der Waals surface area contributed by atoms with Crippen LogP contribution in [-0.4, -0.2) is 25.5 Å². The first-order chi connectivity index (χ1) is 9.19. The van der Waals surface area contributed by atoms with Crippen LogP contribution in [0, 0.1) is 11.7 Å². The number of sulfonamides is 1. The van der Waals surface area contributed by atoms with E-state index >= 15 is 0 Å². The molecule has 0 amide bonds. The molecule has 1 aromatic carbocycles. The van der Waals surface area contributed by atoms with Crippen molar-refractivity contribution in [1.82, 2.24) is 4.72 Å². The van der Waals surface area contributed by atoms with Crippen LogP contribution in [0.25, 0.3) is 0 Å². The van der Waals surface area contributed by atoms with Crippen molar-refractivity contribution >= 4 is 27.5 Å². The van der Waals surface area contributed by atoms with Gasteiger partial charge >= 0.3 is 0 Å². The zero-order valence-electron chi connectivity index (χ0n) is 10.8. The summed E-state index contributed by atoms with van der Waals surface area (Å²) in [5, 5.41) is 11.3. The van der Waals surface area contributed by atoms with Gasteiger partial charge in [-0.25, -0.2) is 17.5 Å². The first-order valence-corrected chi connectivity index (χ1v) is 7.50. The second kappa shape index (κ2) is 6.38. The van der Waals surface area contributed by atoms with Gasteiger partial charge in [-0.1, -0.05) is 30.6 Å². The summed E-state index contributed by atoms with van der Waals surface area (Å²) in [7, 11) is -4.11. The van der Waals surface area contributed by atoms with Gasteiger partial charge in [0.2, 0.25) is 10.0 Å². The van der Waals surface area contributed by atoms with Gasteiger partial charge in [0.15, 0.2) is 5.84 Å². The SMILES string of the molecule is CC(C)C(NS(=O)(=O)c1cc(F)ccc1Cl)/C(N)=N/O. The highest BCUT2D eigenvalue weighted by Gasteiger charge is 2.27. The van der Waals surface area contributed by atoms with E-state index in [0.29, 0.717) is 0 Å². The minimum Gasteiger partial charge on any atom is -0.409 e. The van der Waals surface area contributed by atoms with Crippen LogP contribution >= 0.6 is 11.6 Å². The first-order valence-electron chi connectivity index (χ1n) is 5.64. The summed E-state index contributed by atoms with van der Waals surface area (Å²) in [6, 6.07) is 2.04. The molecular formula is C11H15ClFN3O3S. The van der Waals surface area contributed by atoms with Crippen molar-refractivity contribution in [2.75, 3.05) is 0 Å². The smallest absolute Gasteiger partial charge is 0.242 e. The molecule has 1 atom stereocenters. The predicted molar refractivity (Wildman–Crippen MR) is 73.8 cm³/mol. The number of oxime groups is 1. The minimum absolute atomic E-state index is 0.124. The number of benzene rings is 1. The fourth-order valence-corrected chi connectivity index (χ4v) is 3.38. The van der Waals surface area contributed by atoms with Crippen molar-refractivity contribution in [3.05, 3.63) is 29.0 Å². The third-order valence-corrected chi connectivity index (χ3v) is 4.49. The van der Waals surface area contributed by atoms with Crippen molar-refractivity contribution in [1.29, 1.82) is 0 Å². The molecule has 20 heavy (non-hydrogen) atoms. The molecule has 112 valence electrons. The fourth-order valence-electron chi connectivity index (χ4n) is 1.51. The van der Waals surface area contributed by atoms with E-state index < -0.39 is 26.8 Å². The highest BCUT2D eigenvalue weighted by Crippen LogP contribution is 2.22. The Hall–Kier alpha value is -1.38. The number of hydrogen-bond donors (Lipinski definition) is 3. The first kappa shape index (κ1) is 16.7. The monoisotopic (exact) mass is 323 g/mol. The fraction of sp³-hybridized carbons (Fsp3) is 0.364. The normalized spacial score (nSPS) is 14.6. The molecule has 0 aliphatic heterocycles. The highest BCUT2D eigenvalue weighted by molar-refractivity contribution is 7.89. The van der Waals surface area contributed by atoms with Gasteiger partial charge in [0, 0.05) is 0 Å². The van der Waals surface area contributed by atoms with Crippen LogP contribution in [0.4, 0.5) is 4.39 Å². The van der Waals surface area contributed by atoms with Gasteiger partial charge < -0.3 is 10.9 Å². The molecule has 6 nitrogen and oxygen atoms in total. The van der Waals surface area contributed by atoms with Crippen LogP contribution in [-0.2, 0) is 10.0 Å². The molecule has 0 fully saturated rings. The lowest BCUT2D eigenvalue weighted by Crippen LogP contribution is -2.47. The number of rotatable bonds is 5. The molecule has 1 rings (SSSR count). The summed E-state index contributed by atoms with van der Waals surface area (Å²) in [6.07, 6.45) is 0. The lowest BCUT2D eigenvalue weighted by molar-refractivity contribution is 0.313. The van der Waals surface area contributed by atoms with Gasteiger partial charge in [0.1, 0.15) is 10.7 Å². The molecule has 9 heteroatoms. The van der Waals surface area contributed by atoms with Crippen LogP contribution < -0.4 is 10.5 Å². The molecule has 0 radical (unpaired) electrons. The van der Waals surface area contributed by atoms with Crippen molar-refractivity contribution in [2.24, 2.45) is 16.8 Å². The van der Waals surface area contributed by atoms with Crippen LogP contribution in [0.5, 0.6) is 0 Å².